The lowest BCUT2D eigenvalue weighted by Crippen LogP contribution is -2.15. The fourth-order valence-electron chi connectivity index (χ4n) is 4.20. The monoisotopic (exact) mass is 463 g/mol. The summed E-state index contributed by atoms with van der Waals surface area (Å²) in [5.41, 5.74) is 4.56. The van der Waals surface area contributed by atoms with Crippen molar-refractivity contribution in [3.05, 3.63) is 98.8 Å². The van der Waals surface area contributed by atoms with Gasteiger partial charge in [0.2, 0.25) is 0 Å². The quantitative estimate of drug-likeness (QED) is 0.503. The summed E-state index contributed by atoms with van der Waals surface area (Å²) in [4.78, 5) is 0. The number of nitrogens with one attached hydrogen (secondary N) is 1. The van der Waals surface area contributed by atoms with Crippen LogP contribution in [0.15, 0.2) is 60.7 Å². The smallest absolute Gasteiger partial charge is 0.151 e. The van der Waals surface area contributed by atoms with Crippen LogP contribution in [0, 0.1) is 5.82 Å². The Balaban J connectivity index is 1.83. The highest BCUT2D eigenvalue weighted by Gasteiger charge is 2.33. The zero-order valence-corrected chi connectivity index (χ0v) is 18.5. The third kappa shape index (κ3) is 4.34. The molecule has 3 nitrogen and oxygen atoms in total. The maximum atomic E-state index is 13.8. The van der Waals surface area contributed by atoms with E-state index < -0.39 is 15.7 Å². The molecule has 3 aromatic carbocycles. The standard InChI is InChI=1S/C23H20Cl2FNO2S/c1-30(28,29)13-16-3-2-4-18-19(12-27-23(16)18)22(14-5-8-17(24)9-6-14)15-7-10-21(26)20(25)11-15/h2-11,19,22,27H,12-13H2,1H3. The second kappa shape index (κ2) is 8.22. The first-order chi connectivity index (χ1) is 14.2. The first kappa shape index (κ1) is 21.2. The van der Waals surface area contributed by atoms with Crippen molar-refractivity contribution < 1.29 is 12.8 Å². The number of rotatable bonds is 5. The van der Waals surface area contributed by atoms with Crippen LogP contribution >= 0.6 is 23.2 Å². The zero-order valence-electron chi connectivity index (χ0n) is 16.2. The van der Waals surface area contributed by atoms with Crippen molar-refractivity contribution >= 4 is 38.7 Å². The molecule has 0 radical (unpaired) electrons. The van der Waals surface area contributed by atoms with Gasteiger partial charge in [-0.15, -0.1) is 0 Å². The summed E-state index contributed by atoms with van der Waals surface area (Å²) in [7, 11) is -3.17. The van der Waals surface area contributed by atoms with E-state index in [1.54, 1.807) is 12.1 Å². The van der Waals surface area contributed by atoms with Crippen LogP contribution in [0.4, 0.5) is 10.1 Å². The Hall–Kier alpha value is -2.08. The van der Waals surface area contributed by atoms with E-state index in [0.717, 1.165) is 27.9 Å². The Kier molecular flexibility index (Phi) is 5.80. The Labute approximate surface area is 185 Å². The zero-order chi connectivity index (χ0) is 21.5. The molecule has 0 saturated heterocycles. The molecule has 4 rings (SSSR count). The highest BCUT2D eigenvalue weighted by atomic mass is 35.5. The summed E-state index contributed by atoms with van der Waals surface area (Å²) in [6.07, 6.45) is 1.23. The van der Waals surface area contributed by atoms with E-state index >= 15 is 0 Å². The number of halogens is 3. The average Bonchev–Trinajstić information content (AvgIpc) is 3.10. The number of hydrogen-bond donors (Lipinski definition) is 1. The van der Waals surface area contributed by atoms with Gasteiger partial charge >= 0.3 is 0 Å². The van der Waals surface area contributed by atoms with Gasteiger partial charge in [0.25, 0.3) is 0 Å². The van der Waals surface area contributed by atoms with Gasteiger partial charge in [-0.1, -0.05) is 59.6 Å². The Morgan fingerprint density at radius 2 is 1.77 bits per heavy atom. The number of para-hydroxylation sites is 1. The molecule has 0 bridgehead atoms. The van der Waals surface area contributed by atoms with E-state index in [4.69, 9.17) is 23.2 Å². The van der Waals surface area contributed by atoms with E-state index in [-0.39, 0.29) is 22.6 Å². The lowest BCUT2D eigenvalue weighted by molar-refractivity contribution is 0.601. The molecule has 156 valence electrons. The minimum absolute atomic E-state index is 0.0159. The van der Waals surface area contributed by atoms with E-state index in [1.165, 1.54) is 12.3 Å². The topological polar surface area (TPSA) is 46.2 Å². The van der Waals surface area contributed by atoms with Gasteiger partial charge in [0.1, 0.15) is 5.82 Å². The lowest BCUT2D eigenvalue weighted by Gasteiger charge is -2.25. The molecule has 1 aliphatic heterocycles. The van der Waals surface area contributed by atoms with Gasteiger partial charge in [0.15, 0.2) is 9.84 Å². The Morgan fingerprint density at radius 1 is 1.07 bits per heavy atom. The average molecular weight is 464 g/mol. The number of benzene rings is 3. The molecular formula is C23H20Cl2FNO2S. The molecule has 0 amide bonds. The molecule has 1 N–H and O–H groups in total. The van der Waals surface area contributed by atoms with E-state index in [1.807, 2.05) is 42.5 Å². The molecule has 0 fully saturated rings. The Morgan fingerprint density at radius 3 is 2.43 bits per heavy atom. The summed E-state index contributed by atoms with van der Waals surface area (Å²) in [5, 5.41) is 4.11. The van der Waals surface area contributed by atoms with Gasteiger partial charge in [-0.3, -0.25) is 0 Å². The minimum atomic E-state index is -3.17. The molecule has 3 aromatic rings. The molecule has 0 spiro atoms. The SMILES string of the molecule is CS(=O)(=O)Cc1cccc2c1NCC2C(c1ccc(Cl)cc1)c1ccc(F)c(Cl)c1. The van der Waals surface area contributed by atoms with Crippen LogP contribution < -0.4 is 5.32 Å². The Bertz CT molecular complexity index is 1200. The van der Waals surface area contributed by atoms with Crippen molar-refractivity contribution in [1.82, 2.24) is 0 Å². The summed E-state index contributed by atoms with van der Waals surface area (Å²) >= 11 is 12.2. The largest absolute Gasteiger partial charge is 0.384 e. The molecule has 2 atom stereocenters. The summed E-state index contributed by atoms with van der Waals surface area (Å²) < 4.78 is 37.6. The van der Waals surface area contributed by atoms with E-state index in [2.05, 4.69) is 5.32 Å². The first-order valence-corrected chi connectivity index (χ1v) is 12.3. The molecule has 1 aliphatic rings. The van der Waals surface area contributed by atoms with Crippen LogP contribution in [0.3, 0.4) is 0 Å². The van der Waals surface area contributed by atoms with Gasteiger partial charge in [0.05, 0.1) is 10.8 Å². The molecule has 1 heterocycles. The predicted molar refractivity (Wildman–Crippen MR) is 121 cm³/mol. The summed E-state index contributed by atoms with van der Waals surface area (Å²) in [6, 6.07) is 18.1. The van der Waals surface area contributed by atoms with Crippen molar-refractivity contribution in [2.75, 3.05) is 18.1 Å². The maximum absolute atomic E-state index is 13.8. The fourth-order valence-corrected chi connectivity index (χ4v) is 5.32. The van der Waals surface area contributed by atoms with E-state index in [9.17, 15) is 12.8 Å². The van der Waals surface area contributed by atoms with Crippen molar-refractivity contribution in [3.63, 3.8) is 0 Å². The highest BCUT2D eigenvalue weighted by Crippen LogP contribution is 2.46. The second-order valence-corrected chi connectivity index (χ2v) is 10.6. The van der Waals surface area contributed by atoms with Gasteiger partial charge in [-0.2, -0.15) is 0 Å². The molecule has 0 aliphatic carbocycles. The fraction of sp³-hybridized carbons (Fsp3) is 0.217. The van der Waals surface area contributed by atoms with E-state index in [0.29, 0.717) is 11.6 Å². The normalized spacial score (nSPS) is 16.7. The third-order valence-corrected chi connectivity index (χ3v) is 6.81. The van der Waals surface area contributed by atoms with Crippen LogP contribution in [0.1, 0.15) is 34.1 Å². The first-order valence-electron chi connectivity index (χ1n) is 9.47. The van der Waals surface area contributed by atoms with Crippen LogP contribution in [0.2, 0.25) is 10.0 Å². The molecule has 0 aromatic heterocycles. The molecule has 7 heteroatoms. The molecule has 0 saturated carbocycles. The maximum Gasteiger partial charge on any atom is 0.151 e. The summed E-state index contributed by atoms with van der Waals surface area (Å²) in [5.74, 6) is -0.579. The van der Waals surface area contributed by atoms with Crippen molar-refractivity contribution in [2.45, 2.75) is 17.6 Å². The summed E-state index contributed by atoms with van der Waals surface area (Å²) in [6.45, 7) is 0.623. The second-order valence-electron chi connectivity index (χ2n) is 7.64. The number of hydrogen-bond acceptors (Lipinski definition) is 3. The highest BCUT2D eigenvalue weighted by molar-refractivity contribution is 7.89. The minimum Gasteiger partial charge on any atom is -0.384 e. The van der Waals surface area contributed by atoms with Crippen molar-refractivity contribution in [1.29, 1.82) is 0 Å². The third-order valence-electron chi connectivity index (χ3n) is 5.43. The van der Waals surface area contributed by atoms with Crippen LogP contribution in [0.5, 0.6) is 0 Å². The molecule has 2 unspecified atom stereocenters. The number of fused-ring (bicyclic) bond motifs is 1. The van der Waals surface area contributed by atoms with Gasteiger partial charge < -0.3 is 5.32 Å². The lowest BCUT2D eigenvalue weighted by atomic mass is 9.78. The van der Waals surface area contributed by atoms with Gasteiger partial charge in [-0.25, -0.2) is 12.8 Å². The van der Waals surface area contributed by atoms with Crippen LogP contribution in [0.25, 0.3) is 0 Å². The van der Waals surface area contributed by atoms with Crippen LogP contribution in [-0.4, -0.2) is 21.2 Å². The molecular weight excluding hydrogens is 444 g/mol. The van der Waals surface area contributed by atoms with Crippen molar-refractivity contribution in [3.8, 4) is 0 Å². The van der Waals surface area contributed by atoms with Crippen molar-refractivity contribution in [2.24, 2.45) is 0 Å². The van der Waals surface area contributed by atoms with Gasteiger partial charge in [0, 0.05) is 35.3 Å². The molecule has 30 heavy (non-hydrogen) atoms. The van der Waals surface area contributed by atoms with Gasteiger partial charge in [-0.05, 0) is 46.5 Å². The van der Waals surface area contributed by atoms with Crippen LogP contribution in [-0.2, 0) is 15.6 Å². The predicted octanol–water partition coefficient (Wildman–Crippen LogP) is 6.02. The number of sulfone groups is 1. The number of anilines is 1.